The van der Waals surface area contributed by atoms with E-state index >= 15 is 0 Å². The molecule has 7 nitrogen and oxygen atoms in total. The first-order valence-corrected chi connectivity index (χ1v) is 5.69. The molecular weight excluding hydrogens is 234 g/mol. The lowest BCUT2D eigenvalue weighted by Crippen LogP contribution is -2.32. The smallest absolute Gasteiger partial charge is 0.178 e. The largest absolute Gasteiger partial charge is 0.389 e. The molecule has 0 aliphatic carbocycles. The minimum absolute atomic E-state index is 0.304. The molecule has 0 spiro atoms. The van der Waals surface area contributed by atoms with Gasteiger partial charge >= 0.3 is 0 Å². The number of likely N-dealkylation sites (N-methyl/N-ethyl adjacent to an activating group) is 1. The van der Waals surface area contributed by atoms with E-state index in [4.69, 9.17) is 4.74 Å². The quantitative estimate of drug-likeness (QED) is 0.798. The SMILES string of the molecule is COC[C@@H](O)CN(C)c1ccc2nnc(C)n2n1. The molecule has 0 aliphatic heterocycles. The highest BCUT2D eigenvalue weighted by molar-refractivity contribution is 5.45. The van der Waals surface area contributed by atoms with E-state index in [2.05, 4.69) is 15.3 Å². The summed E-state index contributed by atoms with van der Waals surface area (Å²) in [7, 11) is 3.43. The predicted molar refractivity (Wildman–Crippen MR) is 66.7 cm³/mol. The summed E-state index contributed by atoms with van der Waals surface area (Å²) in [6.07, 6.45) is -0.542. The summed E-state index contributed by atoms with van der Waals surface area (Å²) >= 11 is 0. The Morgan fingerprint density at radius 2 is 2.22 bits per heavy atom. The van der Waals surface area contributed by atoms with Gasteiger partial charge < -0.3 is 14.7 Å². The van der Waals surface area contributed by atoms with E-state index in [-0.39, 0.29) is 0 Å². The fourth-order valence-electron chi connectivity index (χ4n) is 1.74. The van der Waals surface area contributed by atoms with Crippen molar-refractivity contribution in [2.24, 2.45) is 0 Å². The summed E-state index contributed by atoms with van der Waals surface area (Å²) in [6.45, 7) is 2.60. The summed E-state index contributed by atoms with van der Waals surface area (Å²) in [5.74, 6) is 1.48. The molecule has 0 saturated carbocycles. The highest BCUT2D eigenvalue weighted by Gasteiger charge is 2.11. The maximum atomic E-state index is 9.68. The molecule has 0 radical (unpaired) electrons. The molecule has 0 aromatic carbocycles. The number of hydrogen-bond donors (Lipinski definition) is 1. The Bertz CT molecular complexity index is 527. The van der Waals surface area contributed by atoms with Crippen LogP contribution >= 0.6 is 0 Å². The number of rotatable bonds is 5. The summed E-state index contributed by atoms with van der Waals surface area (Å²) in [5, 5.41) is 22.0. The van der Waals surface area contributed by atoms with Gasteiger partial charge in [-0.1, -0.05) is 0 Å². The molecule has 98 valence electrons. The van der Waals surface area contributed by atoms with Crippen LogP contribution in [0.5, 0.6) is 0 Å². The number of aryl methyl sites for hydroxylation is 1. The number of fused-ring (bicyclic) bond motifs is 1. The van der Waals surface area contributed by atoms with Gasteiger partial charge in [0.2, 0.25) is 0 Å². The lowest BCUT2D eigenvalue weighted by Gasteiger charge is -2.21. The van der Waals surface area contributed by atoms with Crippen molar-refractivity contribution in [3.63, 3.8) is 0 Å². The second-order valence-electron chi connectivity index (χ2n) is 4.20. The standard InChI is InChI=1S/C11H17N5O2/c1-8-12-13-10-4-5-11(14-16(8)10)15(2)6-9(17)7-18-3/h4-5,9,17H,6-7H2,1-3H3/t9-/m0/s1. The Kier molecular flexibility index (Phi) is 3.73. The van der Waals surface area contributed by atoms with Crippen molar-refractivity contribution in [2.45, 2.75) is 13.0 Å². The Labute approximate surface area is 105 Å². The minimum Gasteiger partial charge on any atom is -0.389 e. The Morgan fingerprint density at radius 1 is 1.44 bits per heavy atom. The highest BCUT2D eigenvalue weighted by Crippen LogP contribution is 2.11. The van der Waals surface area contributed by atoms with Crippen LogP contribution < -0.4 is 4.90 Å². The van der Waals surface area contributed by atoms with Crippen molar-refractivity contribution in [3.05, 3.63) is 18.0 Å². The average Bonchev–Trinajstić information content (AvgIpc) is 2.71. The molecule has 2 aromatic rings. The van der Waals surface area contributed by atoms with Crippen LogP contribution in [0, 0.1) is 6.92 Å². The van der Waals surface area contributed by atoms with E-state index in [1.54, 1.807) is 11.6 Å². The monoisotopic (exact) mass is 251 g/mol. The normalized spacial score (nSPS) is 12.9. The molecule has 2 heterocycles. The van der Waals surface area contributed by atoms with E-state index < -0.39 is 6.10 Å². The molecule has 2 aromatic heterocycles. The van der Waals surface area contributed by atoms with Gasteiger partial charge in [-0.3, -0.25) is 0 Å². The number of anilines is 1. The molecule has 0 aliphatic rings. The molecule has 2 rings (SSSR count). The van der Waals surface area contributed by atoms with Crippen LogP contribution in [0.1, 0.15) is 5.82 Å². The fraction of sp³-hybridized carbons (Fsp3) is 0.545. The number of nitrogens with zero attached hydrogens (tertiary/aromatic N) is 5. The molecule has 18 heavy (non-hydrogen) atoms. The first-order chi connectivity index (χ1) is 8.61. The van der Waals surface area contributed by atoms with Crippen LogP contribution in [0.3, 0.4) is 0 Å². The minimum atomic E-state index is -0.542. The second kappa shape index (κ2) is 5.28. The predicted octanol–water partition coefficient (Wildman–Crippen LogP) is -0.124. The third kappa shape index (κ3) is 2.57. The van der Waals surface area contributed by atoms with Crippen LogP contribution in [0.25, 0.3) is 5.65 Å². The van der Waals surface area contributed by atoms with E-state index in [0.29, 0.717) is 18.8 Å². The summed E-state index contributed by atoms with van der Waals surface area (Å²) < 4.78 is 6.57. The molecule has 7 heteroatoms. The van der Waals surface area contributed by atoms with Gasteiger partial charge in [-0.2, -0.15) is 4.52 Å². The zero-order valence-corrected chi connectivity index (χ0v) is 10.7. The molecule has 0 saturated heterocycles. The van der Waals surface area contributed by atoms with Crippen LogP contribution in [-0.2, 0) is 4.74 Å². The second-order valence-corrected chi connectivity index (χ2v) is 4.20. The third-order valence-electron chi connectivity index (χ3n) is 2.64. The van der Waals surface area contributed by atoms with E-state index in [1.807, 2.05) is 31.0 Å². The molecule has 0 fully saturated rings. The zero-order chi connectivity index (χ0) is 13.1. The van der Waals surface area contributed by atoms with Crippen molar-refractivity contribution >= 4 is 11.5 Å². The number of aromatic nitrogens is 4. The first-order valence-electron chi connectivity index (χ1n) is 5.69. The maximum absolute atomic E-state index is 9.68. The number of aliphatic hydroxyl groups excluding tert-OH is 1. The van der Waals surface area contributed by atoms with Crippen molar-refractivity contribution in [1.29, 1.82) is 0 Å². The van der Waals surface area contributed by atoms with Crippen molar-refractivity contribution in [1.82, 2.24) is 19.8 Å². The van der Waals surface area contributed by atoms with Crippen molar-refractivity contribution in [2.75, 3.05) is 32.2 Å². The van der Waals surface area contributed by atoms with Crippen LogP contribution in [-0.4, -0.2) is 58.3 Å². The number of methoxy groups -OCH3 is 1. The molecule has 0 bridgehead atoms. The first kappa shape index (κ1) is 12.7. The van der Waals surface area contributed by atoms with Gasteiger partial charge in [0.25, 0.3) is 0 Å². The number of aliphatic hydroxyl groups is 1. The Balaban J connectivity index is 2.17. The number of ether oxygens (including phenoxy) is 1. The highest BCUT2D eigenvalue weighted by atomic mass is 16.5. The fourth-order valence-corrected chi connectivity index (χ4v) is 1.74. The van der Waals surface area contributed by atoms with Gasteiger partial charge in [0, 0.05) is 20.7 Å². The Hall–Kier alpha value is -1.73. The summed E-state index contributed by atoms with van der Waals surface area (Å²) in [6, 6.07) is 3.70. The number of hydrogen-bond acceptors (Lipinski definition) is 6. The van der Waals surface area contributed by atoms with Gasteiger partial charge in [0.15, 0.2) is 11.5 Å². The lowest BCUT2D eigenvalue weighted by molar-refractivity contribution is 0.0694. The van der Waals surface area contributed by atoms with Gasteiger partial charge in [-0.15, -0.1) is 15.3 Å². The maximum Gasteiger partial charge on any atom is 0.178 e. The third-order valence-corrected chi connectivity index (χ3v) is 2.64. The van der Waals surface area contributed by atoms with Gasteiger partial charge in [0.1, 0.15) is 5.82 Å². The lowest BCUT2D eigenvalue weighted by atomic mass is 10.3. The van der Waals surface area contributed by atoms with Gasteiger partial charge in [0.05, 0.1) is 12.7 Å². The molecular formula is C11H17N5O2. The van der Waals surface area contributed by atoms with Crippen LogP contribution in [0.4, 0.5) is 5.82 Å². The van der Waals surface area contributed by atoms with Crippen molar-refractivity contribution in [3.8, 4) is 0 Å². The molecule has 1 atom stereocenters. The topological polar surface area (TPSA) is 75.8 Å². The summed E-state index contributed by atoms with van der Waals surface area (Å²) in [5.41, 5.74) is 0.710. The van der Waals surface area contributed by atoms with Crippen molar-refractivity contribution < 1.29 is 9.84 Å². The van der Waals surface area contributed by atoms with E-state index in [0.717, 1.165) is 11.6 Å². The van der Waals surface area contributed by atoms with Crippen LogP contribution in [0.15, 0.2) is 12.1 Å². The Morgan fingerprint density at radius 3 is 2.94 bits per heavy atom. The summed E-state index contributed by atoms with van der Waals surface area (Å²) in [4.78, 5) is 1.86. The zero-order valence-electron chi connectivity index (χ0n) is 10.7. The van der Waals surface area contributed by atoms with Gasteiger partial charge in [-0.25, -0.2) is 0 Å². The van der Waals surface area contributed by atoms with E-state index in [9.17, 15) is 5.11 Å². The van der Waals surface area contributed by atoms with Gasteiger partial charge in [-0.05, 0) is 19.1 Å². The average molecular weight is 251 g/mol. The van der Waals surface area contributed by atoms with Crippen LogP contribution in [0.2, 0.25) is 0 Å². The molecule has 0 unspecified atom stereocenters. The molecule has 0 amide bonds. The van der Waals surface area contributed by atoms with E-state index in [1.165, 1.54) is 0 Å². The molecule has 1 N–H and O–H groups in total.